The minimum Gasteiger partial charge on any atom is -0.490 e. The summed E-state index contributed by atoms with van der Waals surface area (Å²) in [6, 6.07) is 12.1. The fraction of sp³-hybridized carbons (Fsp3) is 0.435. The molecule has 1 heterocycles. The molecule has 2 saturated carbocycles. The Kier molecular flexibility index (Phi) is 4.93. The predicted octanol–water partition coefficient (Wildman–Crippen LogP) is 4.11. The van der Waals surface area contributed by atoms with Gasteiger partial charge < -0.3 is 9.64 Å². The highest BCUT2D eigenvalue weighted by Crippen LogP contribution is 2.37. The molecule has 2 fully saturated rings. The first-order valence-electron chi connectivity index (χ1n) is 10.7. The van der Waals surface area contributed by atoms with Crippen molar-refractivity contribution in [2.75, 3.05) is 16.2 Å². The summed E-state index contributed by atoms with van der Waals surface area (Å²) in [5.74, 6) is 1.09. The summed E-state index contributed by atoms with van der Waals surface area (Å²) in [7, 11) is -3.71. The molecule has 30 heavy (non-hydrogen) atoms. The number of fused-ring (bicyclic) bond motifs is 1. The topological polar surface area (TPSA) is 75.7 Å². The number of ether oxygens (including phenoxy) is 1. The lowest BCUT2D eigenvalue weighted by atomic mass is 10.2. The summed E-state index contributed by atoms with van der Waals surface area (Å²) >= 11 is 0. The van der Waals surface area contributed by atoms with Gasteiger partial charge in [0.2, 0.25) is 5.91 Å². The number of amides is 1. The number of nitrogens with zero attached hydrogens (tertiary/aromatic N) is 1. The summed E-state index contributed by atoms with van der Waals surface area (Å²) in [5, 5.41) is 0. The molecule has 3 aliphatic rings. The van der Waals surface area contributed by atoms with E-state index < -0.39 is 10.0 Å². The van der Waals surface area contributed by atoms with Gasteiger partial charge in [-0.05, 0) is 93.0 Å². The third-order valence-electron chi connectivity index (χ3n) is 6.16. The summed E-state index contributed by atoms with van der Waals surface area (Å²) in [6.07, 6.45) is 7.45. The Morgan fingerprint density at radius 1 is 1.00 bits per heavy atom. The smallest absolute Gasteiger partial charge is 0.261 e. The van der Waals surface area contributed by atoms with Gasteiger partial charge in [0.1, 0.15) is 5.75 Å². The minimum atomic E-state index is -3.71. The van der Waals surface area contributed by atoms with Crippen LogP contribution in [0.2, 0.25) is 0 Å². The number of sulfonamides is 1. The minimum absolute atomic E-state index is 0.154. The molecule has 158 valence electrons. The fourth-order valence-corrected chi connectivity index (χ4v) is 5.45. The molecule has 0 saturated heterocycles. The van der Waals surface area contributed by atoms with Crippen LogP contribution in [0.5, 0.6) is 5.75 Å². The van der Waals surface area contributed by atoms with Crippen LogP contribution in [0.25, 0.3) is 0 Å². The van der Waals surface area contributed by atoms with Crippen LogP contribution in [-0.4, -0.2) is 27.0 Å². The summed E-state index contributed by atoms with van der Waals surface area (Å²) in [4.78, 5) is 14.4. The van der Waals surface area contributed by atoms with Gasteiger partial charge in [0, 0.05) is 23.8 Å². The highest BCUT2D eigenvalue weighted by Gasteiger charge is 2.36. The van der Waals surface area contributed by atoms with Gasteiger partial charge in [0.25, 0.3) is 10.0 Å². The Morgan fingerprint density at radius 3 is 2.43 bits per heavy atom. The molecule has 0 unspecified atom stereocenters. The quantitative estimate of drug-likeness (QED) is 0.754. The van der Waals surface area contributed by atoms with E-state index in [9.17, 15) is 13.2 Å². The zero-order valence-corrected chi connectivity index (χ0v) is 17.7. The molecular weight excluding hydrogens is 400 g/mol. The standard InChI is InChI=1S/C23H26N2O4S/c26-23(16-5-6-16)25-14-13-17-15-21(11-12-22(17)25)30(27,28)24-18-7-9-20(10-8-18)29-19-3-1-2-4-19/h7-12,15-16,19,24H,1-6,13-14H2. The van der Waals surface area contributed by atoms with Crippen molar-refractivity contribution in [2.45, 2.75) is 55.9 Å². The SMILES string of the molecule is O=C(C1CC1)N1CCc2cc(S(=O)(=O)Nc3ccc(OC4CCCC4)cc3)ccc21. The molecule has 5 rings (SSSR count). The number of anilines is 2. The molecule has 1 N–H and O–H groups in total. The molecule has 2 aliphatic carbocycles. The lowest BCUT2D eigenvalue weighted by Gasteiger charge is -2.17. The molecule has 0 radical (unpaired) electrons. The average molecular weight is 427 g/mol. The highest BCUT2D eigenvalue weighted by molar-refractivity contribution is 7.92. The van der Waals surface area contributed by atoms with Crippen molar-refractivity contribution in [2.24, 2.45) is 5.92 Å². The maximum Gasteiger partial charge on any atom is 0.261 e. The van der Waals surface area contributed by atoms with Gasteiger partial charge in [-0.15, -0.1) is 0 Å². The number of carbonyl (C=O) groups is 1. The van der Waals surface area contributed by atoms with Gasteiger partial charge in [-0.3, -0.25) is 9.52 Å². The van der Waals surface area contributed by atoms with Gasteiger partial charge in [-0.1, -0.05) is 0 Å². The zero-order chi connectivity index (χ0) is 20.7. The number of rotatable bonds is 6. The molecule has 1 amide bonds. The lowest BCUT2D eigenvalue weighted by Crippen LogP contribution is -2.30. The maximum absolute atomic E-state index is 12.9. The van der Waals surface area contributed by atoms with Gasteiger partial charge in [-0.2, -0.15) is 0 Å². The number of benzene rings is 2. The molecular formula is C23H26N2O4S. The lowest BCUT2D eigenvalue weighted by molar-refractivity contribution is -0.119. The molecule has 0 aromatic heterocycles. The molecule has 2 aromatic rings. The van der Waals surface area contributed by atoms with Gasteiger partial charge in [-0.25, -0.2) is 8.42 Å². The summed E-state index contributed by atoms with van der Waals surface area (Å²) < 4.78 is 34.3. The monoisotopic (exact) mass is 426 g/mol. The van der Waals surface area contributed by atoms with E-state index in [1.54, 1.807) is 47.4 Å². The highest BCUT2D eigenvalue weighted by atomic mass is 32.2. The summed E-state index contributed by atoms with van der Waals surface area (Å²) in [6.45, 7) is 0.629. The van der Waals surface area contributed by atoms with Crippen LogP contribution in [0, 0.1) is 5.92 Å². The second-order valence-electron chi connectivity index (χ2n) is 8.46. The number of nitrogens with one attached hydrogen (secondary N) is 1. The number of hydrogen-bond acceptors (Lipinski definition) is 4. The maximum atomic E-state index is 12.9. The van der Waals surface area contributed by atoms with Crippen molar-refractivity contribution < 1.29 is 17.9 Å². The second kappa shape index (κ2) is 7.61. The molecule has 1 aliphatic heterocycles. The van der Waals surface area contributed by atoms with Crippen molar-refractivity contribution in [3.05, 3.63) is 48.0 Å². The van der Waals surface area contributed by atoms with Crippen molar-refractivity contribution >= 4 is 27.3 Å². The Balaban J connectivity index is 1.29. The van der Waals surface area contributed by atoms with Gasteiger partial charge in [0.15, 0.2) is 0 Å². The van der Waals surface area contributed by atoms with Crippen molar-refractivity contribution in [3.63, 3.8) is 0 Å². The van der Waals surface area contributed by atoms with E-state index >= 15 is 0 Å². The normalized spacial score (nSPS) is 19.0. The van der Waals surface area contributed by atoms with Gasteiger partial charge >= 0.3 is 0 Å². The Hall–Kier alpha value is -2.54. The van der Waals surface area contributed by atoms with Crippen LogP contribution in [-0.2, 0) is 21.2 Å². The van der Waals surface area contributed by atoms with Crippen molar-refractivity contribution in [1.29, 1.82) is 0 Å². The van der Waals surface area contributed by atoms with Crippen LogP contribution in [0.3, 0.4) is 0 Å². The van der Waals surface area contributed by atoms with E-state index in [1.807, 2.05) is 0 Å². The fourth-order valence-electron chi connectivity index (χ4n) is 4.34. The van der Waals surface area contributed by atoms with Crippen molar-refractivity contribution in [3.8, 4) is 5.75 Å². The Labute approximate surface area is 177 Å². The molecule has 0 atom stereocenters. The van der Waals surface area contributed by atoms with E-state index in [0.29, 0.717) is 18.7 Å². The van der Waals surface area contributed by atoms with E-state index in [-0.39, 0.29) is 22.8 Å². The Bertz CT molecular complexity index is 1060. The van der Waals surface area contributed by atoms with Gasteiger partial charge in [0.05, 0.1) is 11.0 Å². The van der Waals surface area contributed by atoms with Crippen LogP contribution in [0.1, 0.15) is 44.1 Å². The first kappa shape index (κ1) is 19.4. The first-order valence-corrected chi connectivity index (χ1v) is 12.2. The molecule has 2 aromatic carbocycles. The molecule has 6 nitrogen and oxygen atoms in total. The second-order valence-corrected chi connectivity index (χ2v) is 10.1. The van der Waals surface area contributed by atoms with Crippen LogP contribution < -0.4 is 14.4 Å². The van der Waals surface area contributed by atoms with Crippen LogP contribution in [0.15, 0.2) is 47.4 Å². The van der Waals surface area contributed by atoms with E-state index in [4.69, 9.17) is 4.74 Å². The van der Waals surface area contributed by atoms with E-state index in [2.05, 4.69) is 4.72 Å². The Morgan fingerprint density at radius 2 is 1.73 bits per heavy atom. The largest absolute Gasteiger partial charge is 0.490 e. The molecule has 0 bridgehead atoms. The van der Waals surface area contributed by atoms with Crippen molar-refractivity contribution in [1.82, 2.24) is 0 Å². The third kappa shape index (κ3) is 3.90. The number of hydrogen-bond donors (Lipinski definition) is 1. The number of carbonyl (C=O) groups excluding carboxylic acids is 1. The summed E-state index contributed by atoms with van der Waals surface area (Å²) in [5.41, 5.74) is 2.26. The third-order valence-corrected chi connectivity index (χ3v) is 7.54. The van der Waals surface area contributed by atoms with Crippen LogP contribution in [0.4, 0.5) is 11.4 Å². The average Bonchev–Trinajstić information content (AvgIpc) is 3.30. The zero-order valence-electron chi connectivity index (χ0n) is 16.8. The van der Waals surface area contributed by atoms with E-state index in [0.717, 1.165) is 42.7 Å². The predicted molar refractivity (Wildman–Crippen MR) is 115 cm³/mol. The van der Waals surface area contributed by atoms with E-state index in [1.165, 1.54) is 12.8 Å². The molecule has 0 spiro atoms. The molecule has 7 heteroatoms. The van der Waals surface area contributed by atoms with Crippen LogP contribution >= 0.6 is 0 Å². The first-order chi connectivity index (χ1) is 14.5.